The van der Waals surface area contributed by atoms with Gasteiger partial charge in [0.1, 0.15) is 5.82 Å². The molecule has 0 saturated carbocycles. The van der Waals surface area contributed by atoms with Crippen molar-refractivity contribution in [3.8, 4) is 22.6 Å². The molecule has 3 rings (SSSR count). The monoisotopic (exact) mass is 422 g/mol. The van der Waals surface area contributed by atoms with E-state index in [9.17, 15) is 19.4 Å². The molecule has 31 heavy (non-hydrogen) atoms. The Bertz CT molecular complexity index is 1070. The van der Waals surface area contributed by atoms with Gasteiger partial charge in [0.2, 0.25) is 0 Å². The number of aliphatic carboxylic acids is 1. The van der Waals surface area contributed by atoms with Gasteiger partial charge in [-0.3, -0.25) is 4.79 Å². The smallest absolute Gasteiger partial charge is 0.305 e. The van der Waals surface area contributed by atoms with Gasteiger partial charge in [-0.25, -0.2) is 14.4 Å². The quantitative estimate of drug-likeness (QED) is 0.509. The zero-order chi connectivity index (χ0) is 22.4. The van der Waals surface area contributed by atoms with Gasteiger partial charge in [-0.2, -0.15) is 0 Å². The van der Waals surface area contributed by atoms with Gasteiger partial charge in [0.25, 0.3) is 0 Å². The number of carboxylic acids is 1. The number of carbonyl (C=O) groups is 1. The normalized spacial score (nSPS) is 13.3. The summed E-state index contributed by atoms with van der Waals surface area (Å²) in [6.45, 7) is 1.81. The van der Waals surface area contributed by atoms with E-state index in [1.165, 1.54) is 18.2 Å². The highest BCUT2D eigenvalue weighted by Gasteiger charge is 2.16. The lowest BCUT2D eigenvalue weighted by Crippen LogP contribution is -2.19. The molecule has 1 aromatic heterocycles. The summed E-state index contributed by atoms with van der Waals surface area (Å²) >= 11 is 0. The molecule has 7 heteroatoms. The van der Waals surface area contributed by atoms with E-state index in [0.29, 0.717) is 28.3 Å². The molecule has 6 nitrogen and oxygen atoms in total. The Kier molecular flexibility index (Phi) is 7.23. The van der Waals surface area contributed by atoms with Crippen LogP contribution in [-0.2, 0) is 4.79 Å². The molecule has 2 aromatic carbocycles. The third-order valence-corrected chi connectivity index (χ3v) is 4.69. The molecule has 0 aliphatic carbocycles. The van der Waals surface area contributed by atoms with Crippen LogP contribution in [0.15, 0.2) is 60.7 Å². The van der Waals surface area contributed by atoms with E-state index < -0.39 is 24.6 Å². The lowest BCUT2D eigenvalue weighted by atomic mass is 10.0. The number of hydrogen-bond acceptors (Lipinski definition) is 5. The first-order valence-corrected chi connectivity index (χ1v) is 9.79. The number of rotatable bonds is 8. The SMILES string of the molecule is Cc1nc(-c2ccccc2)nc(-c2ccc(F)cc2)c1/C=C/[C@@H](O)CC(O)CC(=O)O. The van der Waals surface area contributed by atoms with Crippen LogP contribution < -0.4 is 0 Å². The number of nitrogens with zero attached hydrogens (tertiary/aromatic N) is 2. The van der Waals surface area contributed by atoms with Crippen LogP contribution in [0, 0.1) is 12.7 Å². The number of aliphatic hydroxyl groups is 2. The van der Waals surface area contributed by atoms with Crippen molar-refractivity contribution >= 4 is 12.0 Å². The summed E-state index contributed by atoms with van der Waals surface area (Å²) in [4.78, 5) is 20.0. The summed E-state index contributed by atoms with van der Waals surface area (Å²) in [6, 6.07) is 15.4. The highest BCUT2D eigenvalue weighted by molar-refractivity contribution is 5.75. The lowest BCUT2D eigenvalue weighted by Gasteiger charge is -2.13. The van der Waals surface area contributed by atoms with Gasteiger partial charge < -0.3 is 15.3 Å². The van der Waals surface area contributed by atoms with E-state index >= 15 is 0 Å². The Morgan fingerprint density at radius 3 is 2.35 bits per heavy atom. The molecule has 0 aliphatic rings. The van der Waals surface area contributed by atoms with Gasteiger partial charge in [0, 0.05) is 28.8 Å². The Morgan fingerprint density at radius 1 is 1.03 bits per heavy atom. The average Bonchev–Trinajstić information content (AvgIpc) is 2.73. The number of halogens is 1. The molecule has 1 heterocycles. The van der Waals surface area contributed by atoms with E-state index in [1.54, 1.807) is 18.2 Å². The maximum atomic E-state index is 13.4. The minimum absolute atomic E-state index is 0.114. The molecule has 2 atom stereocenters. The van der Waals surface area contributed by atoms with Crippen LogP contribution in [0.25, 0.3) is 28.7 Å². The van der Waals surface area contributed by atoms with Crippen LogP contribution in [0.1, 0.15) is 24.1 Å². The molecule has 0 amide bonds. The first-order chi connectivity index (χ1) is 14.8. The number of carboxylic acid groups (broad SMARTS) is 1. The van der Waals surface area contributed by atoms with E-state index in [-0.39, 0.29) is 12.2 Å². The predicted molar refractivity (Wildman–Crippen MR) is 116 cm³/mol. The van der Waals surface area contributed by atoms with Crippen molar-refractivity contribution in [3.05, 3.63) is 77.7 Å². The Morgan fingerprint density at radius 2 is 1.71 bits per heavy atom. The highest BCUT2D eigenvalue weighted by Crippen LogP contribution is 2.28. The number of aliphatic hydroxyl groups excluding tert-OH is 2. The summed E-state index contributed by atoms with van der Waals surface area (Å²) < 4.78 is 13.4. The summed E-state index contributed by atoms with van der Waals surface area (Å²) in [5, 5.41) is 28.7. The molecule has 0 saturated heterocycles. The number of hydrogen-bond donors (Lipinski definition) is 3. The van der Waals surface area contributed by atoms with Crippen LogP contribution in [0.3, 0.4) is 0 Å². The molecular formula is C24H23FN2O4. The summed E-state index contributed by atoms with van der Waals surface area (Å²) in [7, 11) is 0. The third kappa shape index (κ3) is 6.04. The minimum atomic E-state index is -1.16. The van der Waals surface area contributed by atoms with Crippen molar-refractivity contribution in [1.82, 2.24) is 9.97 Å². The van der Waals surface area contributed by atoms with Gasteiger partial charge in [-0.1, -0.05) is 42.5 Å². The first kappa shape index (κ1) is 22.3. The van der Waals surface area contributed by atoms with Gasteiger partial charge in [0.15, 0.2) is 5.82 Å². The maximum Gasteiger partial charge on any atom is 0.305 e. The fourth-order valence-corrected chi connectivity index (χ4v) is 3.17. The standard InChI is InChI=1S/C24H23FN2O4/c1-15-21(12-11-19(28)13-20(29)14-22(30)31)23(16-7-9-18(25)10-8-16)27-24(26-15)17-5-3-2-4-6-17/h2-12,19-20,28-29H,13-14H2,1H3,(H,30,31)/b12-11+/t19-,20?/m1/s1. The van der Waals surface area contributed by atoms with E-state index in [1.807, 2.05) is 37.3 Å². The summed E-state index contributed by atoms with van der Waals surface area (Å²) in [5.41, 5.74) is 3.38. The highest BCUT2D eigenvalue weighted by atomic mass is 19.1. The minimum Gasteiger partial charge on any atom is -0.481 e. The van der Waals surface area contributed by atoms with Crippen LogP contribution in [0.4, 0.5) is 4.39 Å². The zero-order valence-corrected chi connectivity index (χ0v) is 16.9. The fraction of sp³-hybridized carbons (Fsp3) is 0.208. The average molecular weight is 422 g/mol. The molecule has 160 valence electrons. The Hall–Kier alpha value is -3.42. The molecule has 0 radical (unpaired) electrons. The molecule has 3 N–H and O–H groups in total. The second-order valence-electron chi connectivity index (χ2n) is 7.18. The molecule has 1 unspecified atom stereocenters. The molecule has 3 aromatic rings. The topological polar surface area (TPSA) is 104 Å². The number of aryl methyl sites for hydroxylation is 1. The van der Waals surface area contributed by atoms with E-state index in [4.69, 9.17) is 5.11 Å². The molecular weight excluding hydrogens is 399 g/mol. The lowest BCUT2D eigenvalue weighted by molar-refractivity contribution is -0.139. The first-order valence-electron chi connectivity index (χ1n) is 9.79. The molecule has 0 aliphatic heterocycles. The van der Waals surface area contributed by atoms with Gasteiger partial charge >= 0.3 is 5.97 Å². The van der Waals surface area contributed by atoms with Gasteiger partial charge in [0.05, 0.1) is 24.3 Å². The maximum absolute atomic E-state index is 13.4. The van der Waals surface area contributed by atoms with Crippen LogP contribution >= 0.6 is 0 Å². The van der Waals surface area contributed by atoms with Crippen LogP contribution in [0.2, 0.25) is 0 Å². The fourth-order valence-electron chi connectivity index (χ4n) is 3.17. The van der Waals surface area contributed by atoms with Crippen molar-refractivity contribution < 1.29 is 24.5 Å². The summed E-state index contributed by atoms with van der Waals surface area (Å²) in [5.74, 6) is -0.979. The molecule has 0 bridgehead atoms. The van der Waals surface area contributed by atoms with Crippen molar-refractivity contribution in [1.29, 1.82) is 0 Å². The van der Waals surface area contributed by atoms with Crippen molar-refractivity contribution in [2.75, 3.05) is 0 Å². The Balaban J connectivity index is 1.98. The van der Waals surface area contributed by atoms with Crippen molar-refractivity contribution in [2.45, 2.75) is 32.0 Å². The third-order valence-electron chi connectivity index (χ3n) is 4.69. The number of benzene rings is 2. The second kappa shape index (κ2) is 10.1. The zero-order valence-electron chi connectivity index (χ0n) is 16.9. The molecule has 0 spiro atoms. The van der Waals surface area contributed by atoms with Crippen molar-refractivity contribution in [2.24, 2.45) is 0 Å². The Labute approximate surface area is 179 Å². The van der Waals surface area contributed by atoms with Gasteiger partial charge in [-0.15, -0.1) is 0 Å². The second-order valence-corrected chi connectivity index (χ2v) is 7.18. The van der Waals surface area contributed by atoms with Crippen LogP contribution in [0.5, 0.6) is 0 Å². The summed E-state index contributed by atoms with van der Waals surface area (Å²) in [6.07, 6.45) is 0.332. The van der Waals surface area contributed by atoms with E-state index in [2.05, 4.69) is 9.97 Å². The molecule has 0 fully saturated rings. The van der Waals surface area contributed by atoms with Crippen LogP contribution in [-0.4, -0.2) is 43.5 Å². The largest absolute Gasteiger partial charge is 0.481 e. The van der Waals surface area contributed by atoms with E-state index in [0.717, 1.165) is 5.56 Å². The number of aromatic nitrogens is 2. The predicted octanol–water partition coefficient (Wildman–Crippen LogP) is 3.86. The van der Waals surface area contributed by atoms with Crippen molar-refractivity contribution in [3.63, 3.8) is 0 Å². The van der Waals surface area contributed by atoms with Gasteiger partial charge in [-0.05, 0) is 31.2 Å².